The lowest BCUT2D eigenvalue weighted by Gasteiger charge is -2.24. The number of carbonyl (C=O) groups excluding carboxylic acids is 1. The molecule has 1 aliphatic rings. The lowest BCUT2D eigenvalue weighted by molar-refractivity contribution is 0.0938. The molecule has 1 aromatic heterocycles. The minimum Gasteiger partial charge on any atom is -0.405 e. The molecule has 1 amide bonds. The van der Waals surface area contributed by atoms with Crippen LogP contribution in [0.15, 0.2) is 59.0 Å². The van der Waals surface area contributed by atoms with Gasteiger partial charge in [-0.3, -0.25) is 4.79 Å². The van der Waals surface area contributed by atoms with E-state index in [1.165, 1.54) is 6.42 Å². The zero-order valence-corrected chi connectivity index (χ0v) is 16.1. The van der Waals surface area contributed by atoms with Gasteiger partial charge in [-0.25, -0.2) is 0 Å². The molecule has 6 nitrogen and oxygen atoms in total. The Labute approximate surface area is 168 Å². The Balaban J connectivity index is 1.61. The molecule has 4 rings (SSSR count). The Morgan fingerprint density at radius 1 is 1.04 bits per heavy atom. The Morgan fingerprint density at radius 2 is 1.82 bits per heavy atom. The zero-order chi connectivity index (χ0) is 19.3. The molecule has 1 fully saturated rings. The summed E-state index contributed by atoms with van der Waals surface area (Å²) in [6.45, 7) is 1.82. The standard InChI is InChI=1S/C21H21ClN4O2/c22-17-11-7-10-16(14-17)19(27)23-18(15-8-3-1-4-9-15)20-24-25-21(28-20)26-12-5-2-6-13-26/h1,3-4,7-11,14,18H,2,5-6,12-13H2,(H,23,27)/t18-/m0/s1. The fourth-order valence-corrected chi connectivity index (χ4v) is 3.52. The maximum Gasteiger partial charge on any atom is 0.318 e. The van der Waals surface area contributed by atoms with Crippen LogP contribution in [-0.4, -0.2) is 29.2 Å². The average molecular weight is 397 g/mol. The second-order valence-electron chi connectivity index (χ2n) is 6.80. The first kappa shape index (κ1) is 18.5. The van der Waals surface area contributed by atoms with Crippen LogP contribution in [0.5, 0.6) is 0 Å². The van der Waals surface area contributed by atoms with Gasteiger partial charge in [0.15, 0.2) is 0 Å². The van der Waals surface area contributed by atoms with Crippen molar-refractivity contribution in [2.75, 3.05) is 18.0 Å². The molecule has 0 bridgehead atoms. The van der Waals surface area contributed by atoms with Gasteiger partial charge in [0.05, 0.1) is 0 Å². The molecule has 2 heterocycles. The number of amides is 1. The fourth-order valence-electron chi connectivity index (χ4n) is 3.33. The molecule has 144 valence electrons. The molecule has 1 aliphatic heterocycles. The van der Waals surface area contributed by atoms with Crippen LogP contribution >= 0.6 is 11.6 Å². The number of hydrogen-bond acceptors (Lipinski definition) is 5. The summed E-state index contributed by atoms with van der Waals surface area (Å²) in [5.41, 5.74) is 1.34. The van der Waals surface area contributed by atoms with Crippen molar-refractivity contribution >= 4 is 23.5 Å². The summed E-state index contributed by atoms with van der Waals surface area (Å²) in [6.07, 6.45) is 3.45. The number of carbonyl (C=O) groups is 1. The third kappa shape index (κ3) is 4.17. The van der Waals surface area contributed by atoms with Crippen LogP contribution < -0.4 is 10.2 Å². The molecule has 0 spiro atoms. The van der Waals surface area contributed by atoms with Crippen LogP contribution in [0.2, 0.25) is 5.02 Å². The second kappa shape index (κ2) is 8.44. The number of nitrogens with zero attached hydrogens (tertiary/aromatic N) is 3. The number of aromatic nitrogens is 2. The Kier molecular flexibility index (Phi) is 5.58. The summed E-state index contributed by atoms with van der Waals surface area (Å²) < 4.78 is 5.96. The minimum absolute atomic E-state index is 0.255. The summed E-state index contributed by atoms with van der Waals surface area (Å²) in [6, 6.07) is 16.4. The lowest BCUT2D eigenvalue weighted by atomic mass is 10.1. The van der Waals surface area contributed by atoms with Gasteiger partial charge < -0.3 is 14.6 Å². The van der Waals surface area contributed by atoms with Gasteiger partial charge in [-0.15, -0.1) is 5.10 Å². The van der Waals surface area contributed by atoms with Crippen molar-refractivity contribution in [3.63, 3.8) is 0 Å². The molecular weight excluding hydrogens is 376 g/mol. The third-order valence-corrected chi connectivity index (χ3v) is 5.03. The summed E-state index contributed by atoms with van der Waals surface area (Å²) >= 11 is 6.02. The third-order valence-electron chi connectivity index (χ3n) is 4.80. The SMILES string of the molecule is O=C(N[C@@H](c1ccccc1)c1nnc(N2CCCCC2)o1)c1cccc(Cl)c1. The highest BCUT2D eigenvalue weighted by Crippen LogP contribution is 2.26. The van der Waals surface area contributed by atoms with Gasteiger partial charge in [0, 0.05) is 23.7 Å². The molecule has 0 aliphatic carbocycles. The van der Waals surface area contributed by atoms with E-state index in [0.717, 1.165) is 31.5 Å². The van der Waals surface area contributed by atoms with E-state index in [4.69, 9.17) is 16.0 Å². The molecule has 2 aromatic carbocycles. The van der Waals surface area contributed by atoms with Crippen molar-refractivity contribution in [2.45, 2.75) is 25.3 Å². The predicted octanol–water partition coefficient (Wildman–Crippen LogP) is 4.23. The summed E-state index contributed by atoms with van der Waals surface area (Å²) in [5, 5.41) is 12.0. The number of hydrogen-bond donors (Lipinski definition) is 1. The first-order valence-electron chi connectivity index (χ1n) is 9.40. The van der Waals surface area contributed by atoms with Crippen LogP contribution in [0.25, 0.3) is 0 Å². The number of nitrogens with one attached hydrogen (secondary N) is 1. The zero-order valence-electron chi connectivity index (χ0n) is 15.3. The highest BCUT2D eigenvalue weighted by atomic mass is 35.5. The predicted molar refractivity (Wildman–Crippen MR) is 108 cm³/mol. The Hall–Kier alpha value is -2.86. The number of rotatable bonds is 5. The molecule has 1 atom stereocenters. The van der Waals surface area contributed by atoms with Crippen molar-refractivity contribution in [1.29, 1.82) is 0 Å². The van der Waals surface area contributed by atoms with Gasteiger partial charge in [0.2, 0.25) is 5.89 Å². The minimum atomic E-state index is -0.543. The monoisotopic (exact) mass is 396 g/mol. The maximum atomic E-state index is 12.8. The molecule has 0 saturated carbocycles. The number of benzene rings is 2. The van der Waals surface area contributed by atoms with E-state index in [1.54, 1.807) is 24.3 Å². The van der Waals surface area contributed by atoms with E-state index < -0.39 is 6.04 Å². The van der Waals surface area contributed by atoms with Crippen LogP contribution in [0.4, 0.5) is 6.01 Å². The summed E-state index contributed by atoms with van der Waals surface area (Å²) in [5.74, 6) is 0.108. The molecule has 0 radical (unpaired) electrons. The first-order chi connectivity index (χ1) is 13.7. The van der Waals surface area contributed by atoms with E-state index in [2.05, 4.69) is 20.4 Å². The van der Waals surface area contributed by atoms with Crippen LogP contribution in [-0.2, 0) is 0 Å². The quantitative estimate of drug-likeness (QED) is 0.698. The second-order valence-corrected chi connectivity index (χ2v) is 7.23. The number of anilines is 1. The topological polar surface area (TPSA) is 71.3 Å². The molecule has 3 aromatic rings. The van der Waals surface area contributed by atoms with Crippen molar-refractivity contribution in [2.24, 2.45) is 0 Å². The van der Waals surface area contributed by atoms with Crippen LogP contribution in [0.1, 0.15) is 47.1 Å². The van der Waals surface area contributed by atoms with E-state index in [9.17, 15) is 4.79 Å². The van der Waals surface area contributed by atoms with E-state index in [-0.39, 0.29) is 5.91 Å². The van der Waals surface area contributed by atoms with Gasteiger partial charge in [0.1, 0.15) is 6.04 Å². The number of piperidine rings is 1. The highest BCUT2D eigenvalue weighted by molar-refractivity contribution is 6.30. The fraction of sp³-hybridized carbons (Fsp3) is 0.286. The Bertz CT molecular complexity index is 938. The smallest absolute Gasteiger partial charge is 0.318 e. The number of halogens is 1. The largest absolute Gasteiger partial charge is 0.405 e. The Morgan fingerprint density at radius 3 is 2.57 bits per heavy atom. The van der Waals surface area contributed by atoms with Crippen molar-refractivity contribution in [3.05, 3.63) is 76.6 Å². The molecular formula is C21H21ClN4O2. The molecule has 1 N–H and O–H groups in total. The van der Waals surface area contributed by atoms with Gasteiger partial charge in [-0.1, -0.05) is 53.1 Å². The highest BCUT2D eigenvalue weighted by Gasteiger charge is 2.25. The van der Waals surface area contributed by atoms with E-state index >= 15 is 0 Å². The van der Waals surface area contributed by atoms with E-state index in [0.29, 0.717) is 22.5 Å². The van der Waals surface area contributed by atoms with Crippen molar-refractivity contribution in [1.82, 2.24) is 15.5 Å². The summed E-state index contributed by atoms with van der Waals surface area (Å²) in [4.78, 5) is 14.9. The molecule has 7 heteroatoms. The van der Waals surface area contributed by atoms with E-state index in [1.807, 2.05) is 30.3 Å². The van der Waals surface area contributed by atoms with Crippen molar-refractivity contribution < 1.29 is 9.21 Å². The van der Waals surface area contributed by atoms with Crippen LogP contribution in [0, 0.1) is 0 Å². The van der Waals surface area contributed by atoms with Crippen molar-refractivity contribution in [3.8, 4) is 0 Å². The lowest BCUT2D eigenvalue weighted by Crippen LogP contribution is -2.30. The molecule has 0 unspecified atom stereocenters. The van der Waals surface area contributed by atoms with Gasteiger partial charge >= 0.3 is 6.01 Å². The first-order valence-corrected chi connectivity index (χ1v) is 9.78. The van der Waals surface area contributed by atoms with Gasteiger partial charge in [-0.05, 0) is 43.0 Å². The van der Waals surface area contributed by atoms with Crippen LogP contribution in [0.3, 0.4) is 0 Å². The molecule has 28 heavy (non-hydrogen) atoms. The maximum absolute atomic E-state index is 12.8. The molecule has 1 saturated heterocycles. The average Bonchev–Trinajstić information content (AvgIpc) is 3.23. The summed E-state index contributed by atoms with van der Waals surface area (Å²) in [7, 11) is 0. The normalized spacial score (nSPS) is 15.2. The van der Waals surface area contributed by atoms with Gasteiger partial charge in [0.25, 0.3) is 5.91 Å². The van der Waals surface area contributed by atoms with Gasteiger partial charge in [-0.2, -0.15) is 0 Å².